The van der Waals surface area contributed by atoms with Gasteiger partial charge in [0.05, 0.1) is 6.61 Å². The van der Waals surface area contributed by atoms with E-state index in [-0.39, 0.29) is 18.1 Å². The molecule has 2 rings (SSSR count). The van der Waals surface area contributed by atoms with Crippen LogP contribution in [-0.2, 0) is 4.74 Å². The third-order valence-corrected chi connectivity index (χ3v) is 4.18. The lowest BCUT2D eigenvalue weighted by Gasteiger charge is -2.10. The number of aromatic nitrogens is 1. The van der Waals surface area contributed by atoms with Gasteiger partial charge in [0.2, 0.25) is 0 Å². The number of nitrogens with zero attached hydrogens (tertiary/aromatic N) is 1. The van der Waals surface area contributed by atoms with Gasteiger partial charge in [0.25, 0.3) is 0 Å². The van der Waals surface area contributed by atoms with Gasteiger partial charge in [0.1, 0.15) is 4.88 Å². The normalized spacial score (nSPS) is 15.9. The molecular formula is C13H18N2O3S. The van der Waals surface area contributed by atoms with E-state index in [9.17, 15) is 9.59 Å². The molecule has 0 saturated heterocycles. The summed E-state index contributed by atoms with van der Waals surface area (Å²) in [5.74, 6) is -0.0144. The van der Waals surface area contributed by atoms with E-state index in [0.717, 1.165) is 0 Å². The monoisotopic (exact) mass is 282 g/mol. The fraction of sp³-hybridized carbons (Fsp3) is 0.615. The van der Waals surface area contributed by atoms with Gasteiger partial charge < -0.3 is 10.1 Å². The van der Waals surface area contributed by atoms with Crippen molar-refractivity contribution < 1.29 is 14.3 Å². The van der Waals surface area contributed by atoms with Crippen LogP contribution in [0.5, 0.6) is 0 Å². The maximum Gasteiger partial charge on any atom is 0.358 e. The maximum absolute atomic E-state index is 11.8. The molecule has 1 fully saturated rings. The first-order valence-electron chi connectivity index (χ1n) is 6.48. The molecule has 0 aromatic carbocycles. The fourth-order valence-corrected chi connectivity index (χ4v) is 2.81. The number of thiazole rings is 1. The topological polar surface area (TPSA) is 68.3 Å². The summed E-state index contributed by atoms with van der Waals surface area (Å²) in [5, 5.41) is 3.88. The van der Waals surface area contributed by atoms with Crippen LogP contribution in [0.3, 0.4) is 0 Å². The highest BCUT2D eigenvalue weighted by molar-refractivity contribution is 7.17. The Morgan fingerprint density at radius 2 is 2.21 bits per heavy atom. The minimum atomic E-state index is -0.531. The quantitative estimate of drug-likeness (QED) is 0.642. The molecule has 1 aliphatic carbocycles. The number of esters is 1. The molecule has 1 unspecified atom stereocenters. The molecule has 6 heteroatoms. The van der Waals surface area contributed by atoms with E-state index in [1.165, 1.54) is 31.1 Å². The molecule has 5 nitrogen and oxygen atoms in total. The molecule has 1 saturated carbocycles. The van der Waals surface area contributed by atoms with Gasteiger partial charge in [-0.05, 0) is 32.6 Å². The van der Waals surface area contributed by atoms with E-state index >= 15 is 0 Å². The van der Waals surface area contributed by atoms with Gasteiger partial charge in [-0.25, -0.2) is 9.78 Å². The number of ether oxygens (including phenoxy) is 1. The molecule has 1 atom stereocenters. The Kier molecular flexibility index (Phi) is 4.19. The van der Waals surface area contributed by atoms with Crippen LogP contribution in [-0.4, -0.2) is 29.4 Å². The number of hydrogen-bond acceptors (Lipinski definition) is 6. The van der Waals surface area contributed by atoms with Gasteiger partial charge in [-0.3, -0.25) is 4.79 Å². The maximum atomic E-state index is 11.8. The van der Waals surface area contributed by atoms with E-state index in [2.05, 4.69) is 17.2 Å². The van der Waals surface area contributed by atoms with Gasteiger partial charge in [-0.2, -0.15) is 0 Å². The number of ketones is 1. The fourth-order valence-electron chi connectivity index (χ4n) is 1.87. The Labute approximate surface area is 116 Å². The highest BCUT2D eigenvalue weighted by Crippen LogP contribution is 2.35. The summed E-state index contributed by atoms with van der Waals surface area (Å²) in [6.07, 6.45) is 2.45. The summed E-state index contributed by atoms with van der Waals surface area (Å²) in [5.41, 5.74) is 0.129. The minimum absolute atomic E-state index is 0.129. The van der Waals surface area contributed by atoms with Gasteiger partial charge in [0, 0.05) is 13.0 Å². The third kappa shape index (κ3) is 3.32. The summed E-state index contributed by atoms with van der Waals surface area (Å²) in [7, 11) is 0. The largest absolute Gasteiger partial charge is 0.461 e. The highest BCUT2D eigenvalue weighted by Gasteiger charge is 2.29. The Morgan fingerprint density at radius 1 is 1.53 bits per heavy atom. The first-order chi connectivity index (χ1) is 9.02. The molecule has 19 heavy (non-hydrogen) atoms. The molecule has 0 radical (unpaired) electrons. The number of rotatable bonds is 6. The lowest BCUT2D eigenvalue weighted by atomic mass is 10.2. The second kappa shape index (κ2) is 5.69. The van der Waals surface area contributed by atoms with Gasteiger partial charge in [-0.15, -0.1) is 0 Å². The Morgan fingerprint density at radius 3 is 2.74 bits per heavy atom. The van der Waals surface area contributed by atoms with Crippen molar-refractivity contribution in [3.8, 4) is 0 Å². The van der Waals surface area contributed by atoms with Crippen molar-refractivity contribution in [2.24, 2.45) is 5.92 Å². The second-order valence-electron chi connectivity index (χ2n) is 4.74. The smallest absolute Gasteiger partial charge is 0.358 e. The molecule has 0 bridgehead atoms. The molecule has 0 aliphatic heterocycles. The predicted octanol–water partition coefficient (Wildman–Crippen LogP) is 2.73. The number of carbonyl (C=O) groups excluding carboxylic acids is 2. The predicted molar refractivity (Wildman–Crippen MR) is 73.9 cm³/mol. The molecule has 1 aliphatic rings. The van der Waals surface area contributed by atoms with Crippen LogP contribution in [0.25, 0.3) is 0 Å². The molecule has 0 amide bonds. The number of nitrogens with one attached hydrogen (secondary N) is 1. The van der Waals surface area contributed by atoms with Gasteiger partial charge >= 0.3 is 5.97 Å². The van der Waals surface area contributed by atoms with Gasteiger partial charge in [-0.1, -0.05) is 11.3 Å². The van der Waals surface area contributed by atoms with Crippen LogP contribution in [0.1, 0.15) is 53.8 Å². The zero-order valence-corrected chi connectivity index (χ0v) is 12.2. The average molecular weight is 282 g/mol. The van der Waals surface area contributed by atoms with Crippen LogP contribution in [0.4, 0.5) is 5.13 Å². The van der Waals surface area contributed by atoms with Crippen molar-refractivity contribution in [3.05, 3.63) is 10.6 Å². The standard InChI is InChI=1S/C13H18N2O3S/c1-4-18-12(17)10-11(8(3)16)19-13(15-10)14-7(2)9-5-6-9/h7,9H,4-6H2,1-3H3,(H,14,15). The molecule has 1 heterocycles. The van der Waals surface area contributed by atoms with Crippen molar-refractivity contribution in [1.29, 1.82) is 0 Å². The Bertz CT molecular complexity index is 494. The third-order valence-electron chi connectivity index (χ3n) is 3.10. The number of anilines is 1. The zero-order valence-electron chi connectivity index (χ0n) is 11.4. The van der Waals surface area contributed by atoms with Crippen molar-refractivity contribution >= 4 is 28.2 Å². The Balaban J connectivity index is 2.18. The minimum Gasteiger partial charge on any atom is -0.461 e. The van der Waals surface area contributed by atoms with Crippen molar-refractivity contribution in [3.63, 3.8) is 0 Å². The van der Waals surface area contributed by atoms with E-state index in [0.29, 0.717) is 22.0 Å². The average Bonchev–Trinajstić information content (AvgIpc) is 3.11. The van der Waals surface area contributed by atoms with Crippen molar-refractivity contribution in [2.45, 2.75) is 39.7 Å². The number of hydrogen-bond donors (Lipinski definition) is 1. The van der Waals surface area contributed by atoms with Crippen molar-refractivity contribution in [1.82, 2.24) is 4.98 Å². The van der Waals surface area contributed by atoms with Crippen LogP contribution < -0.4 is 5.32 Å². The summed E-state index contributed by atoms with van der Waals surface area (Å²) >= 11 is 1.22. The first kappa shape index (κ1) is 14.0. The highest BCUT2D eigenvalue weighted by atomic mass is 32.1. The summed E-state index contributed by atoms with van der Waals surface area (Å²) in [4.78, 5) is 27.9. The number of Topliss-reactive ketones (excluding diaryl/α,β-unsaturated/α-hetero) is 1. The lowest BCUT2D eigenvalue weighted by Crippen LogP contribution is -2.17. The lowest BCUT2D eigenvalue weighted by molar-refractivity contribution is 0.0517. The molecule has 0 spiro atoms. The molecule has 1 N–H and O–H groups in total. The SMILES string of the molecule is CCOC(=O)c1nc(NC(C)C2CC2)sc1C(C)=O. The number of carbonyl (C=O) groups is 2. The van der Waals surface area contributed by atoms with Crippen LogP contribution in [0.15, 0.2) is 0 Å². The van der Waals surface area contributed by atoms with Crippen LogP contribution in [0.2, 0.25) is 0 Å². The zero-order chi connectivity index (χ0) is 14.0. The molecular weight excluding hydrogens is 264 g/mol. The summed E-state index contributed by atoms with van der Waals surface area (Å²) in [6.45, 7) is 5.53. The summed E-state index contributed by atoms with van der Waals surface area (Å²) < 4.78 is 4.92. The van der Waals surface area contributed by atoms with Crippen LogP contribution in [0, 0.1) is 5.92 Å². The van der Waals surface area contributed by atoms with E-state index in [1.54, 1.807) is 6.92 Å². The molecule has 1 aromatic heterocycles. The molecule has 1 aromatic rings. The van der Waals surface area contributed by atoms with E-state index in [4.69, 9.17) is 4.74 Å². The van der Waals surface area contributed by atoms with E-state index in [1.807, 2.05) is 0 Å². The van der Waals surface area contributed by atoms with Crippen molar-refractivity contribution in [2.75, 3.05) is 11.9 Å². The van der Waals surface area contributed by atoms with E-state index < -0.39 is 5.97 Å². The second-order valence-corrected chi connectivity index (χ2v) is 5.74. The summed E-state index contributed by atoms with van der Waals surface area (Å²) in [6, 6.07) is 0.320. The van der Waals surface area contributed by atoms with Crippen LogP contribution >= 0.6 is 11.3 Å². The first-order valence-corrected chi connectivity index (χ1v) is 7.30. The Hall–Kier alpha value is -1.43. The molecule has 104 valence electrons. The van der Waals surface area contributed by atoms with Gasteiger partial charge in [0.15, 0.2) is 16.6 Å².